The van der Waals surface area contributed by atoms with Gasteiger partial charge >= 0.3 is 0 Å². The van der Waals surface area contributed by atoms with Gasteiger partial charge in [-0.25, -0.2) is 15.0 Å². The maximum Gasteiger partial charge on any atom is 0.164 e. The third-order valence-corrected chi connectivity index (χ3v) is 9.57. The van der Waals surface area contributed by atoms with Gasteiger partial charge in [-0.3, -0.25) is 0 Å². The van der Waals surface area contributed by atoms with Gasteiger partial charge in [-0.15, -0.1) is 0 Å². The molecule has 0 aliphatic heterocycles. The zero-order valence-corrected chi connectivity index (χ0v) is 27.2. The van der Waals surface area contributed by atoms with Gasteiger partial charge in [-0.2, -0.15) is 5.26 Å². The minimum absolute atomic E-state index is 0.118. The molecule has 1 unspecified atom stereocenters. The summed E-state index contributed by atoms with van der Waals surface area (Å²) in [7, 11) is 0. The molecule has 0 N–H and O–H groups in total. The Morgan fingerprint density at radius 2 is 1.19 bits per heavy atom. The summed E-state index contributed by atoms with van der Waals surface area (Å²) in [6, 6.07) is 32.2. The van der Waals surface area contributed by atoms with Crippen molar-refractivity contribution in [3.63, 3.8) is 0 Å². The molecule has 0 saturated heterocycles. The van der Waals surface area contributed by atoms with Crippen molar-refractivity contribution in [2.75, 3.05) is 0 Å². The highest BCUT2D eigenvalue weighted by Gasteiger charge is 2.34. The van der Waals surface area contributed by atoms with Gasteiger partial charge in [0.25, 0.3) is 0 Å². The van der Waals surface area contributed by atoms with E-state index < -0.39 is 60.4 Å². The number of aromatic nitrogens is 4. The van der Waals surface area contributed by atoms with E-state index in [0.29, 0.717) is 5.56 Å². The van der Waals surface area contributed by atoms with Gasteiger partial charge in [0.2, 0.25) is 0 Å². The fraction of sp³-hybridized carbons (Fsp3) is 0.0213. The van der Waals surface area contributed by atoms with Crippen molar-refractivity contribution in [3.8, 4) is 57.0 Å². The molecule has 1 atom stereocenters. The van der Waals surface area contributed by atoms with Crippen LogP contribution in [0.15, 0.2) is 170 Å². The molecule has 0 amide bonds. The van der Waals surface area contributed by atoms with Crippen molar-refractivity contribution >= 4 is 21.8 Å². The Balaban J connectivity index is 1.22. The highest BCUT2D eigenvalue weighted by molar-refractivity contribution is 6.14. The van der Waals surface area contributed by atoms with Gasteiger partial charge in [0, 0.05) is 39.1 Å². The first-order chi connectivity index (χ1) is 29.9. The third kappa shape index (κ3) is 4.66. The van der Waals surface area contributed by atoms with E-state index in [0.717, 1.165) is 49.7 Å². The summed E-state index contributed by atoms with van der Waals surface area (Å²) in [6.45, 7) is 0. The minimum Gasteiger partial charge on any atom is -0.309 e. The van der Waals surface area contributed by atoms with E-state index in [2.05, 4.69) is 74.1 Å². The SMILES string of the molecule is [2H]c1c([2H])c([2H])c(-c2nc(-c3ccc(C4c5ccccc5-c5ccc6c(c54)c4ccccc4n6-c4ccccc4)c(C#N)c3)nc(-c3c([2H])c([2H])c([2H])c([2H])c3[2H])n2)c([2H])c1[2H]. The lowest BCUT2D eigenvalue weighted by Crippen LogP contribution is -2.04. The standard InChI is InChI=1S/C47H29N5/c48-29-33-28-32(47-50-45(30-14-4-1-5-15-30)49-46(51-47)31-16-6-2-7-17-31)24-25-35(33)42-37-21-11-10-20-36(37)38-26-27-41-43(44(38)42)39-22-12-13-23-40(39)52(41)34-18-8-3-9-19-34/h1-28,42H/i1D,2D,4D,5D,6D,7D,14D,15D,16D,17D. The number of hydrogen-bond acceptors (Lipinski definition) is 4. The molecule has 9 aromatic rings. The van der Waals surface area contributed by atoms with Crippen LogP contribution >= 0.6 is 0 Å². The second kappa shape index (κ2) is 12.0. The number of nitriles is 1. The van der Waals surface area contributed by atoms with Gasteiger partial charge in [-0.05, 0) is 58.1 Å². The van der Waals surface area contributed by atoms with E-state index in [9.17, 15) is 5.26 Å². The summed E-state index contributed by atoms with van der Waals surface area (Å²) < 4.78 is 86.6. The molecule has 0 spiro atoms. The predicted octanol–water partition coefficient (Wildman–Crippen LogP) is 11.0. The topological polar surface area (TPSA) is 67.4 Å². The first-order valence-corrected chi connectivity index (χ1v) is 16.6. The molecule has 5 nitrogen and oxygen atoms in total. The van der Waals surface area contributed by atoms with E-state index in [-0.39, 0.29) is 45.6 Å². The van der Waals surface area contributed by atoms with Crippen molar-refractivity contribution < 1.29 is 13.7 Å². The van der Waals surface area contributed by atoms with E-state index in [4.69, 9.17) is 13.7 Å². The molecule has 1 aliphatic carbocycles. The maximum absolute atomic E-state index is 10.9. The Kier molecular flexibility index (Phi) is 4.88. The van der Waals surface area contributed by atoms with Gasteiger partial charge in [0.1, 0.15) is 0 Å². The second-order valence-electron chi connectivity index (χ2n) is 12.3. The molecule has 10 rings (SSSR count). The van der Waals surface area contributed by atoms with Crippen molar-refractivity contribution in [1.82, 2.24) is 19.5 Å². The molecule has 242 valence electrons. The van der Waals surface area contributed by atoms with Crippen molar-refractivity contribution in [3.05, 3.63) is 192 Å². The van der Waals surface area contributed by atoms with Crippen LogP contribution in [0, 0.1) is 11.3 Å². The van der Waals surface area contributed by atoms with Crippen molar-refractivity contribution in [2.24, 2.45) is 0 Å². The third-order valence-electron chi connectivity index (χ3n) is 9.57. The van der Waals surface area contributed by atoms with Gasteiger partial charge in [0.15, 0.2) is 17.5 Å². The van der Waals surface area contributed by atoms with Crippen LogP contribution in [-0.2, 0) is 0 Å². The lowest BCUT2D eigenvalue weighted by Gasteiger charge is -2.18. The summed E-state index contributed by atoms with van der Waals surface area (Å²) >= 11 is 0. The van der Waals surface area contributed by atoms with E-state index >= 15 is 0 Å². The largest absolute Gasteiger partial charge is 0.309 e. The van der Waals surface area contributed by atoms with Crippen LogP contribution in [0.3, 0.4) is 0 Å². The van der Waals surface area contributed by atoms with Gasteiger partial charge in [0.05, 0.1) is 36.4 Å². The Bertz CT molecular complexity index is 3310. The van der Waals surface area contributed by atoms with E-state index in [1.54, 1.807) is 12.1 Å². The second-order valence-corrected chi connectivity index (χ2v) is 12.3. The fourth-order valence-electron chi connectivity index (χ4n) is 7.45. The molecule has 2 aromatic heterocycles. The number of fused-ring (bicyclic) bond motifs is 7. The number of hydrogen-bond donors (Lipinski definition) is 0. The summed E-state index contributed by atoms with van der Waals surface area (Å²) in [6.07, 6.45) is 0. The van der Waals surface area contributed by atoms with Crippen molar-refractivity contribution in [1.29, 1.82) is 5.26 Å². The van der Waals surface area contributed by atoms with Crippen LogP contribution in [-0.4, -0.2) is 19.5 Å². The lowest BCUT2D eigenvalue weighted by atomic mass is 9.84. The average Bonchev–Trinajstić information content (AvgIpc) is 3.82. The molecular weight excluding hydrogens is 635 g/mol. The smallest absolute Gasteiger partial charge is 0.164 e. The van der Waals surface area contributed by atoms with E-state index in [1.807, 2.05) is 48.5 Å². The first kappa shape index (κ1) is 21.1. The quantitative estimate of drug-likeness (QED) is 0.182. The average molecular weight is 674 g/mol. The fourth-order valence-corrected chi connectivity index (χ4v) is 7.45. The Hall–Kier alpha value is -7.16. The Morgan fingerprint density at radius 3 is 1.90 bits per heavy atom. The predicted molar refractivity (Wildman–Crippen MR) is 208 cm³/mol. The van der Waals surface area contributed by atoms with Gasteiger partial charge < -0.3 is 4.57 Å². The first-order valence-electron chi connectivity index (χ1n) is 21.6. The van der Waals surface area contributed by atoms with Crippen LogP contribution in [0.1, 0.15) is 41.9 Å². The summed E-state index contributed by atoms with van der Waals surface area (Å²) in [5.41, 5.74) is 7.73. The highest BCUT2D eigenvalue weighted by Crippen LogP contribution is 2.53. The molecule has 0 bridgehead atoms. The number of para-hydroxylation sites is 2. The van der Waals surface area contributed by atoms with Crippen LogP contribution in [0.4, 0.5) is 0 Å². The number of nitrogens with zero attached hydrogens (tertiary/aromatic N) is 5. The number of benzene rings is 7. The Labute approximate surface area is 314 Å². The molecule has 5 heteroatoms. The van der Waals surface area contributed by atoms with Crippen LogP contribution in [0.2, 0.25) is 0 Å². The molecule has 7 aromatic carbocycles. The molecule has 0 fully saturated rings. The highest BCUT2D eigenvalue weighted by atomic mass is 15.0. The minimum atomic E-state index is -0.637. The summed E-state index contributed by atoms with van der Waals surface area (Å²) in [5, 5.41) is 13.1. The molecule has 52 heavy (non-hydrogen) atoms. The summed E-state index contributed by atoms with van der Waals surface area (Å²) in [4.78, 5) is 13.6. The molecule has 1 aliphatic rings. The van der Waals surface area contributed by atoms with Crippen LogP contribution in [0.5, 0.6) is 0 Å². The Morgan fingerprint density at radius 1 is 0.558 bits per heavy atom. The summed E-state index contributed by atoms with van der Waals surface area (Å²) in [5.74, 6) is -1.27. The lowest BCUT2D eigenvalue weighted by molar-refractivity contribution is 1.02. The zero-order chi connectivity index (χ0) is 43.3. The monoisotopic (exact) mass is 673 g/mol. The molecule has 0 saturated carbocycles. The number of rotatable bonds is 5. The zero-order valence-electron chi connectivity index (χ0n) is 37.2. The molecule has 0 radical (unpaired) electrons. The normalized spacial score (nSPS) is 15.9. The van der Waals surface area contributed by atoms with E-state index in [1.165, 1.54) is 0 Å². The van der Waals surface area contributed by atoms with Crippen LogP contribution < -0.4 is 0 Å². The van der Waals surface area contributed by atoms with Crippen LogP contribution in [0.25, 0.3) is 72.8 Å². The maximum atomic E-state index is 10.9. The van der Waals surface area contributed by atoms with Gasteiger partial charge in [-0.1, -0.05) is 139 Å². The van der Waals surface area contributed by atoms with Crippen molar-refractivity contribution in [2.45, 2.75) is 5.92 Å². The molecule has 2 heterocycles. The molecular formula is C47H29N5.